The van der Waals surface area contributed by atoms with Crippen molar-refractivity contribution in [1.29, 1.82) is 0 Å². The summed E-state index contributed by atoms with van der Waals surface area (Å²) in [6, 6.07) is 28.4. The fourth-order valence-electron chi connectivity index (χ4n) is 4.95. The molecule has 0 aliphatic rings. The number of nitrogens with one attached hydrogen (secondary N) is 1. The molecule has 0 aliphatic carbocycles. The number of hydrogen-bond acceptors (Lipinski definition) is 4. The minimum absolute atomic E-state index is 0.00897. The topological polar surface area (TPSA) is 86.8 Å². The Morgan fingerprint density at radius 1 is 0.867 bits per heavy atom. The van der Waals surface area contributed by atoms with E-state index in [9.17, 15) is 18.0 Å². The Labute approximate surface area is 275 Å². The van der Waals surface area contributed by atoms with Crippen LogP contribution in [0.1, 0.15) is 36.5 Å². The molecule has 45 heavy (non-hydrogen) atoms. The van der Waals surface area contributed by atoms with Crippen molar-refractivity contribution in [3.05, 3.63) is 130 Å². The van der Waals surface area contributed by atoms with Crippen molar-refractivity contribution < 1.29 is 18.0 Å². The highest BCUT2D eigenvalue weighted by molar-refractivity contribution is 7.92. The van der Waals surface area contributed by atoms with Gasteiger partial charge in [-0.3, -0.25) is 13.9 Å². The molecule has 0 spiro atoms. The minimum atomic E-state index is -4.22. The summed E-state index contributed by atoms with van der Waals surface area (Å²) in [6.45, 7) is 3.65. The van der Waals surface area contributed by atoms with Gasteiger partial charge >= 0.3 is 0 Å². The number of anilines is 1. The van der Waals surface area contributed by atoms with E-state index < -0.39 is 28.5 Å². The molecule has 0 saturated heterocycles. The monoisotopic (exact) mass is 665 g/mol. The highest BCUT2D eigenvalue weighted by atomic mass is 35.5. The van der Waals surface area contributed by atoms with E-state index in [0.29, 0.717) is 27.7 Å². The fourth-order valence-corrected chi connectivity index (χ4v) is 6.81. The van der Waals surface area contributed by atoms with Crippen molar-refractivity contribution in [2.45, 2.75) is 50.6 Å². The molecule has 0 fully saturated rings. The summed E-state index contributed by atoms with van der Waals surface area (Å²) < 4.78 is 29.4. The Bertz CT molecular complexity index is 1700. The molecule has 4 rings (SSSR count). The van der Waals surface area contributed by atoms with Gasteiger partial charge in [0.2, 0.25) is 11.8 Å². The van der Waals surface area contributed by atoms with Gasteiger partial charge in [0.25, 0.3) is 10.0 Å². The molecular weight excluding hydrogens is 629 g/mol. The van der Waals surface area contributed by atoms with E-state index in [1.807, 2.05) is 37.3 Å². The molecule has 10 heteroatoms. The van der Waals surface area contributed by atoms with Gasteiger partial charge in [-0.05, 0) is 60.4 Å². The van der Waals surface area contributed by atoms with Gasteiger partial charge in [0.15, 0.2) is 0 Å². The minimum Gasteiger partial charge on any atom is -0.354 e. The molecule has 0 radical (unpaired) electrons. The number of benzene rings is 4. The standard InChI is InChI=1S/C35H37Cl2N3O4S/c1-3-4-21-38-35(42)33(22-27-13-7-5-8-14-27)39(24-28-15-11-12-18-31(28)37)34(41)25-40(32-23-29(36)20-19-26(32)2)45(43,44)30-16-9-6-10-17-30/h5-20,23,33H,3-4,21-22,24-25H2,1-2H3,(H,38,42). The lowest BCUT2D eigenvalue weighted by molar-refractivity contribution is -0.140. The highest BCUT2D eigenvalue weighted by Crippen LogP contribution is 2.30. The first-order chi connectivity index (χ1) is 21.6. The summed E-state index contributed by atoms with van der Waals surface area (Å²) in [5.74, 6) is -0.899. The quantitative estimate of drug-likeness (QED) is 0.146. The Kier molecular flexibility index (Phi) is 12.0. The first-order valence-electron chi connectivity index (χ1n) is 14.8. The van der Waals surface area contributed by atoms with E-state index in [-0.39, 0.29) is 29.5 Å². The number of amides is 2. The van der Waals surface area contributed by atoms with Crippen molar-refractivity contribution in [1.82, 2.24) is 10.2 Å². The summed E-state index contributed by atoms with van der Waals surface area (Å²) in [5.41, 5.74) is 2.36. The molecule has 0 saturated carbocycles. The first-order valence-corrected chi connectivity index (χ1v) is 17.0. The Balaban J connectivity index is 1.82. The number of sulfonamides is 1. The molecule has 1 unspecified atom stereocenters. The van der Waals surface area contributed by atoms with Crippen molar-refractivity contribution in [2.75, 3.05) is 17.4 Å². The van der Waals surface area contributed by atoms with Gasteiger partial charge in [0.1, 0.15) is 12.6 Å². The lowest BCUT2D eigenvalue weighted by Crippen LogP contribution is -2.53. The first kappa shape index (κ1) is 34.0. The van der Waals surface area contributed by atoms with Crippen LogP contribution in [0, 0.1) is 6.92 Å². The van der Waals surface area contributed by atoms with Crippen molar-refractivity contribution >= 4 is 50.7 Å². The average Bonchev–Trinajstić information content (AvgIpc) is 3.04. The third kappa shape index (κ3) is 8.87. The zero-order valence-electron chi connectivity index (χ0n) is 25.3. The van der Waals surface area contributed by atoms with Crippen LogP contribution < -0.4 is 9.62 Å². The number of unbranched alkanes of at least 4 members (excludes halogenated alkanes) is 1. The van der Waals surface area contributed by atoms with Crippen LogP contribution in [0.3, 0.4) is 0 Å². The summed E-state index contributed by atoms with van der Waals surface area (Å²) in [5, 5.41) is 3.73. The molecule has 7 nitrogen and oxygen atoms in total. The maximum Gasteiger partial charge on any atom is 0.264 e. The number of hydrogen-bond donors (Lipinski definition) is 1. The summed E-state index contributed by atoms with van der Waals surface area (Å²) in [4.78, 5) is 29.8. The number of rotatable bonds is 14. The predicted octanol–water partition coefficient (Wildman–Crippen LogP) is 7.05. The normalized spacial score (nSPS) is 11.9. The van der Waals surface area contributed by atoms with Gasteiger partial charge in [-0.1, -0.05) is 109 Å². The highest BCUT2D eigenvalue weighted by Gasteiger charge is 2.35. The van der Waals surface area contributed by atoms with E-state index in [0.717, 1.165) is 22.7 Å². The van der Waals surface area contributed by atoms with E-state index in [1.54, 1.807) is 61.5 Å². The van der Waals surface area contributed by atoms with E-state index >= 15 is 0 Å². The van der Waals surface area contributed by atoms with Gasteiger partial charge in [-0.2, -0.15) is 0 Å². The van der Waals surface area contributed by atoms with Crippen molar-refractivity contribution in [3.8, 4) is 0 Å². The molecule has 4 aromatic carbocycles. The van der Waals surface area contributed by atoms with Crippen LogP contribution in [-0.2, 0) is 32.6 Å². The van der Waals surface area contributed by atoms with E-state index in [4.69, 9.17) is 23.2 Å². The molecule has 0 heterocycles. The van der Waals surface area contributed by atoms with Crippen molar-refractivity contribution in [2.24, 2.45) is 0 Å². The Hall–Kier alpha value is -3.85. The average molecular weight is 667 g/mol. The number of carbonyl (C=O) groups is 2. The maximum atomic E-state index is 14.5. The van der Waals surface area contributed by atoms with Crippen LogP contribution in [0.5, 0.6) is 0 Å². The van der Waals surface area contributed by atoms with Gasteiger partial charge in [0.05, 0.1) is 10.6 Å². The lowest BCUT2D eigenvalue weighted by atomic mass is 10.0. The molecule has 1 N–H and O–H groups in total. The molecule has 0 aliphatic heterocycles. The zero-order valence-corrected chi connectivity index (χ0v) is 27.7. The molecular formula is C35H37Cl2N3O4S. The third-order valence-corrected chi connectivity index (χ3v) is 9.83. The van der Waals surface area contributed by atoms with E-state index in [1.165, 1.54) is 23.1 Å². The fraction of sp³-hybridized carbons (Fsp3) is 0.257. The lowest BCUT2D eigenvalue weighted by Gasteiger charge is -2.34. The number of halogens is 2. The smallest absolute Gasteiger partial charge is 0.264 e. The molecule has 2 amide bonds. The summed E-state index contributed by atoms with van der Waals surface area (Å²) in [6.07, 6.45) is 1.88. The molecule has 1 atom stereocenters. The van der Waals surface area contributed by atoms with Crippen LogP contribution in [0.4, 0.5) is 5.69 Å². The van der Waals surface area contributed by atoms with Gasteiger partial charge in [-0.25, -0.2) is 8.42 Å². The van der Waals surface area contributed by atoms with Crippen LogP contribution >= 0.6 is 23.2 Å². The summed E-state index contributed by atoms with van der Waals surface area (Å²) in [7, 11) is -4.22. The Morgan fingerprint density at radius 2 is 1.51 bits per heavy atom. The third-order valence-electron chi connectivity index (χ3n) is 7.45. The number of nitrogens with zero attached hydrogens (tertiary/aromatic N) is 2. The molecule has 4 aromatic rings. The zero-order chi connectivity index (χ0) is 32.4. The molecule has 0 aromatic heterocycles. The maximum absolute atomic E-state index is 14.5. The van der Waals surface area contributed by atoms with Crippen LogP contribution in [-0.4, -0.2) is 44.3 Å². The van der Waals surface area contributed by atoms with Crippen LogP contribution in [0.15, 0.2) is 108 Å². The van der Waals surface area contributed by atoms with Crippen molar-refractivity contribution in [3.63, 3.8) is 0 Å². The van der Waals surface area contributed by atoms with Gasteiger partial charge in [0, 0.05) is 29.6 Å². The summed E-state index contributed by atoms with van der Waals surface area (Å²) >= 11 is 12.9. The second kappa shape index (κ2) is 15.9. The number of carbonyl (C=O) groups excluding carboxylic acids is 2. The largest absolute Gasteiger partial charge is 0.354 e. The predicted molar refractivity (Wildman–Crippen MR) is 181 cm³/mol. The van der Waals surface area contributed by atoms with E-state index in [2.05, 4.69) is 5.32 Å². The Morgan fingerprint density at radius 3 is 2.18 bits per heavy atom. The van der Waals surface area contributed by atoms with Crippen LogP contribution in [0.25, 0.3) is 0 Å². The second-order valence-corrected chi connectivity index (χ2v) is 13.4. The van der Waals surface area contributed by atoms with Gasteiger partial charge in [-0.15, -0.1) is 0 Å². The van der Waals surface area contributed by atoms with Gasteiger partial charge < -0.3 is 10.2 Å². The van der Waals surface area contributed by atoms with Crippen LogP contribution in [0.2, 0.25) is 10.0 Å². The SMILES string of the molecule is CCCCNC(=O)C(Cc1ccccc1)N(Cc1ccccc1Cl)C(=O)CN(c1cc(Cl)ccc1C)S(=O)(=O)c1ccccc1. The number of aryl methyl sites for hydroxylation is 1. The second-order valence-electron chi connectivity index (χ2n) is 10.7. The molecule has 236 valence electrons. The molecule has 0 bridgehead atoms.